The molecule has 0 aliphatic heterocycles. The fourth-order valence-electron chi connectivity index (χ4n) is 0.983. The zero-order valence-electron chi connectivity index (χ0n) is 8.00. The van der Waals surface area contributed by atoms with Crippen molar-refractivity contribution < 1.29 is 9.53 Å². The van der Waals surface area contributed by atoms with Gasteiger partial charge in [0.25, 0.3) is 0 Å². The van der Waals surface area contributed by atoms with Crippen molar-refractivity contribution in [1.29, 1.82) is 0 Å². The maximum Gasteiger partial charge on any atom is 0.307 e. The molecule has 1 aromatic carbocycles. The third-order valence-electron chi connectivity index (χ3n) is 1.73. The summed E-state index contributed by atoms with van der Waals surface area (Å²) in [7, 11) is 0. The van der Waals surface area contributed by atoms with Crippen LogP contribution in [0.2, 0.25) is 10.0 Å². The number of rotatable bonds is 4. The largest absolute Gasteiger partial charge is 0.461 e. The number of nitrogens with two attached hydrogens (primary N) is 1. The average Bonchev–Trinajstić information content (AvgIpc) is 2.20. The molecule has 5 heteroatoms. The molecule has 15 heavy (non-hydrogen) atoms. The van der Waals surface area contributed by atoms with Crippen LogP contribution in [0.5, 0.6) is 0 Å². The minimum absolute atomic E-state index is 0.190. The first-order chi connectivity index (χ1) is 7.13. The van der Waals surface area contributed by atoms with Crippen LogP contribution < -0.4 is 5.73 Å². The average molecular weight is 248 g/mol. The molecule has 0 bridgehead atoms. The second-order valence-electron chi connectivity index (χ2n) is 2.95. The topological polar surface area (TPSA) is 52.3 Å². The van der Waals surface area contributed by atoms with Gasteiger partial charge in [-0.05, 0) is 17.7 Å². The van der Waals surface area contributed by atoms with Gasteiger partial charge >= 0.3 is 5.97 Å². The molecule has 0 amide bonds. The lowest BCUT2D eigenvalue weighted by Gasteiger charge is -2.05. The van der Waals surface area contributed by atoms with E-state index in [1.165, 1.54) is 0 Å². The van der Waals surface area contributed by atoms with E-state index in [9.17, 15) is 4.79 Å². The lowest BCUT2D eigenvalue weighted by atomic mass is 10.2. The molecule has 1 rings (SSSR count). The standard InChI is InChI=1S/C10H11Cl2NO2/c11-8-2-1-7(5-9(8)12)6-15-10(14)3-4-13/h1-2,5H,3-4,6,13H2. The summed E-state index contributed by atoms with van der Waals surface area (Å²) < 4.78 is 4.94. The van der Waals surface area contributed by atoms with Crippen LogP contribution in [-0.4, -0.2) is 12.5 Å². The summed E-state index contributed by atoms with van der Waals surface area (Å²) >= 11 is 11.5. The zero-order valence-corrected chi connectivity index (χ0v) is 9.52. The Morgan fingerprint density at radius 2 is 2.07 bits per heavy atom. The summed E-state index contributed by atoms with van der Waals surface area (Å²) in [5.41, 5.74) is 6.00. The van der Waals surface area contributed by atoms with Gasteiger partial charge in [0.1, 0.15) is 6.61 Å². The first kappa shape index (κ1) is 12.3. The predicted octanol–water partition coefficient (Wildman–Crippen LogP) is 2.39. The molecular weight excluding hydrogens is 237 g/mol. The van der Waals surface area contributed by atoms with Gasteiger partial charge in [0, 0.05) is 6.54 Å². The van der Waals surface area contributed by atoms with E-state index in [1.807, 2.05) is 0 Å². The third-order valence-corrected chi connectivity index (χ3v) is 2.47. The zero-order chi connectivity index (χ0) is 11.3. The molecule has 1 aromatic rings. The fourth-order valence-corrected chi connectivity index (χ4v) is 1.30. The fraction of sp³-hybridized carbons (Fsp3) is 0.300. The molecule has 0 saturated carbocycles. The molecule has 0 atom stereocenters. The van der Waals surface area contributed by atoms with Crippen LogP contribution in [0.4, 0.5) is 0 Å². The van der Waals surface area contributed by atoms with Crippen molar-refractivity contribution in [3.05, 3.63) is 33.8 Å². The van der Waals surface area contributed by atoms with E-state index in [-0.39, 0.29) is 19.0 Å². The Morgan fingerprint density at radius 1 is 1.33 bits per heavy atom. The van der Waals surface area contributed by atoms with Gasteiger partial charge in [0.15, 0.2) is 0 Å². The molecule has 0 aliphatic rings. The van der Waals surface area contributed by atoms with Crippen LogP contribution in [-0.2, 0) is 16.1 Å². The Balaban J connectivity index is 2.51. The maximum atomic E-state index is 11.0. The van der Waals surface area contributed by atoms with Gasteiger partial charge in [0.05, 0.1) is 16.5 Å². The number of halogens is 2. The van der Waals surface area contributed by atoms with Crippen molar-refractivity contribution in [3.63, 3.8) is 0 Å². The minimum atomic E-state index is -0.316. The highest BCUT2D eigenvalue weighted by molar-refractivity contribution is 6.42. The smallest absolute Gasteiger partial charge is 0.307 e. The predicted molar refractivity (Wildman–Crippen MR) is 59.9 cm³/mol. The van der Waals surface area contributed by atoms with Crippen molar-refractivity contribution >= 4 is 29.2 Å². The van der Waals surface area contributed by atoms with E-state index in [0.717, 1.165) is 5.56 Å². The molecule has 82 valence electrons. The summed E-state index contributed by atoms with van der Waals surface area (Å²) in [6.07, 6.45) is 0.224. The van der Waals surface area contributed by atoms with E-state index in [2.05, 4.69) is 0 Å². The second kappa shape index (κ2) is 5.95. The van der Waals surface area contributed by atoms with Crippen LogP contribution in [0.15, 0.2) is 18.2 Å². The Bertz CT molecular complexity index is 355. The summed E-state index contributed by atoms with van der Waals surface area (Å²) in [5, 5.41) is 0.928. The van der Waals surface area contributed by atoms with Crippen LogP contribution in [0.25, 0.3) is 0 Å². The summed E-state index contributed by atoms with van der Waals surface area (Å²) in [6.45, 7) is 0.482. The molecule has 0 aliphatic carbocycles. The highest BCUT2D eigenvalue weighted by atomic mass is 35.5. The van der Waals surface area contributed by atoms with Crippen LogP contribution >= 0.6 is 23.2 Å². The van der Waals surface area contributed by atoms with Crippen LogP contribution in [0.3, 0.4) is 0 Å². The lowest BCUT2D eigenvalue weighted by molar-refractivity contribution is -0.144. The van der Waals surface area contributed by atoms with E-state index in [1.54, 1.807) is 18.2 Å². The molecule has 0 fully saturated rings. The van der Waals surface area contributed by atoms with E-state index in [0.29, 0.717) is 16.6 Å². The summed E-state index contributed by atoms with van der Waals surface area (Å²) in [4.78, 5) is 11.0. The van der Waals surface area contributed by atoms with E-state index >= 15 is 0 Å². The Morgan fingerprint density at radius 3 is 2.67 bits per heavy atom. The third kappa shape index (κ3) is 4.08. The number of esters is 1. The normalized spacial score (nSPS) is 10.1. The van der Waals surface area contributed by atoms with Gasteiger partial charge in [-0.2, -0.15) is 0 Å². The number of carbonyl (C=O) groups is 1. The van der Waals surface area contributed by atoms with Crippen molar-refractivity contribution in [3.8, 4) is 0 Å². The molecule has 0 spiro atoms. The first-order valence-electron chi connectivity index (χ1n) is 4.43. The molecule has 0 saturated heterocycles. The van der Waals surface area contributed by atoms with Gasteiger partial charge in [-0.25, -0.2) is 0 Å². The highest BCUT2D eigenvalue weighted by Gasteiger charge is 2.03. The van der Waals surface area contributed by atoms with Crippen LogP contribution in [0, 0.1) is 0 Å². The quantitative estimate of drug-likeness (QED) is 0.832. The Kier molecular flexibility index (Phi) is 4.88. The molecule has 0 heterocycles. The first-order valence-corrected chi connectivity index (χ1v) is 5.18. The van der Waals surface area contributed by atoms with Gasteiger partial charge in [0.2, 0.25) is 0 Å². The number of benzene rings is 1. The van der Waals surface area contributed by atoms with Gasteiger partial charge in [-0.1, -0.05) is 29.3 Å². The number of carbonyl (C=O) groups excluding carboxylic acids is 1. The molecule has 0 radical (unpaired) electrons. The Labute approximate surface area is 98.1 Å². The van der Waals surface area contributed by atoms with Gasteiger partial charge in [-0.15, -0.1) is 0 Å². The molecule has 2 N–H and O–H groups in total. The maximum absolute atomic E-state index is 11.0. The Hall–Kier alpha value is -0.770. The minimum Gasteiger partial charge on any atom is -0.461 e. The summed E-state index contributed by atoms with van der Waals surface area (Å²) in [6, 6.07) is 5.08. The van der Waals surface area contributed by atoms with Crippen molar-refractivity contribution in [2.45, 2.75) is 13.0 Å². The SMILES string of the molecule is NCCC(=O)OCc1ccc(Cl)c(Cl)c1. The van der Waals surface area contributed by atoms with Crippen molar-refractivity contribution in [2.24, 2.45) is 5.73 Å². The van der Waals surface area contributed by atoms with Gasteiger partial charge in [-0.3, -0.25) is 4.79 Å². The highest BCUT2D eigenvalue weighted by Crippen LogP contribution is 2.22. The molecule has 0 aromatic heterocycles. The second-order valence-corrected chi connectivity index (χ2v) is 3.76. The lowest BCUT2D eigenvalue weighted by Crippen LogP contribution is -2.10. The van der Waals surface area contributed by atoms with Crippen molar-refractivity contribution in [1.82, 2.24) is 0 Å². The van der Waals surface area contributed by atoms with Gasteiger partial charge < -0.3 is 10.5 Å². The number of ether oxygens (including phenoxy) is 1. The molecule has 0 unspecified atom stereocenters. The molecule has 3 nitrogen and oxygen atoms in total. The van der Waals surface area contributed by atoms with Crippen LogP contribution in [0.1, 0.15) is 12.0 Å². The van der Waals surface area contributed by atoms with Crippen molar-refractivity contribution in [2.75, 3.05) is 6.54 Å². The monoisotopic (exact) mass is 247 g/mol. The van der Waals surface area contributed by atoms with E-state index in [4.69, 9.17) is 33.7 Å². The number of hydrogen-bond acceptors (Lipinski definition) is 3. The number of hydrogen-bond donors (Lipinski definition) is 1. The molecular formula is C10H11Cl2NO2. The van der Waals surface area contributed by atoms with E-state index < -0.39 is 0 Å². The summed E-state index contributed by atoms with van der Waals surface area (Å²) in [5.74, 6) is -0.316.